The molecule has 1 fully saturated rings. The van der Waals surface area contributed by atoms with Gasteiger partial charge in [-0.25, -0.2) is 14.8 Å². The lowest BCUT2D eigenvalue weighted by atomic mass is 9.80. The van der Waals surface area contributed by atoms with Crippen molar-refractivity contribution in [1.29, 1.82) is 0 Å². The summed E-state index contributed by atoms with van der Waals surface area (Å²) in [4.78, 5) is 64.0. The SMILES string of the molecule is CC(=O)OC[C@H]1[C@H](CC(=O)O)[C@H](CC(=O)O)[C@@H](c2c[nH]c3c(N=[N+]=[N-])ncnc23)N1C(=O)OC(C)(C)C. The van der Waals surface area contributed by atoms with E-state index in [4.69, 9.17) is 15.0 Å². The van der Waals surface area contributed by atoms with E-state index < -0.39 is 66.4 Å². The minimum atomic E-state index is -1.22. The molecule has 2 aromatic rings. The monoisotopic (exact) mass is 517 g/mol. The minimum absolute atomic E-state index is 0.0195. The average Bonchev–Trinajstić information content (AvgIpc) is 3.31. The lowest BCUT2D eigenvalue weighted by Crippen LogP contribution is -2.45. The van der Waals surface area contributed by atoms with E-state index in [-0.39, 0.29) is 23.5 Å². The molecule has 1 saturated heterocycles. The van der Waals surface area contributed by atoms with Crippen LogP contribution in [-0.4, -0.2) is 72.3 Å². The third kappa shape index (κ3) is 6.06. The fourth-order valence-corrected chi connectivity index (χ4v) is 4.73. The van der Waals surface area contributed by atoms with Gasteiger partial charge in [-0.2, -0.15) is 0 Å². The molecular formula is C22H27N7O8. The number of H-pyrrole nitrogens is 1. The zero-order valence-corrected chi connectivity index (χ0v) is 20.6. The van der Waals surface area contributed by atoms with E-state index >= 15 is 0 Å². The number of aromatic nitrogens is 3. The summed E-state index contributed by atoms with van der Waals surface area (Å²) in [6.07, 6.45) is 0.768. The summed E-state index contributed by atoms with van der Waals surface area (Å²) in [6, 6.07) is -2.06. The quantitative estimate of drug-likeness (QED) is 0.200. The second-order valence-electron chi connectivity index (χ2n) is 9.58. The summed E-state index contributed by atoms with van der Waals surface area (Å²) < 4.78 is 10.8. The summed E-state index contributed by atoms with van der Waals surface area (Å²) in [5.74, 6) is -4.96. The molecule has 3 heterocycles. The molecule has 15 nitrogen and oxygen atoms in total. The molecule has 0 aliphatic carbocycles. The van der Waals surface area contributed by atoms with Crippen molar-refractivity contribution in [3.8, 4) is 0 Å². The number of carbonyl (C=O) groups is 4. The Hall–Kier alpha value is -4.39. The number of likely N-dealkylation sites (tertiary alicyclic amines) is 1. The zero-order valence-electron chi connectivity index (χ0n) is 20.6. The number of carboxylic acids is 2. The van der Waals surface area contributed by atoms with Gasteiger partial charge in [-0.3, -0.25) is 19.3 Å². The van der Waals surface area contributed by atoms with Gasteiger partial charge >= 0.3 is 24.0 Å². The van der Waals surface area contributed by atoms with Gasteiger partial charge in [0.05, 0.1) is 36.0 Å². The van der Waals surface area contributed by atoms with Crippen LogP contribution in [0.5, 0.6) is 0 Å². The van der Waals surface area contributed by atoms with E-state index in [1.807, 2.05) is 0 Å². The van der Waals surface area contributed by atoms with Crippen molar-refractivity contribution in [3.05, 3.63) is 28.5 Å². The highest BCUT2D eigenvalue weighted by molar-refractivity contribution is 5.88. The second-order valence-corrected chi connectivity index (χ2v) is 9.58. The molecule has 15 heteroatoms. The maximum atomic E-state index is 13.5. The van der Waals surface area contributed by atoms with Crippen LogP contribution < -0.4 is 0 Å². The van der Waals surface area contributed by atoms with Gasteiger partial charge in [0, 0.05) is 23.6 Å². The Morgan fingerprint density at radius 3 is 2.38 bits per heavy atom. The lowest BCUT2D eigenvalue weighted by Gasteiger charge is -2.33. The fraction of sp³-hybridized carbons (Fsp3) is 0.545. The van der Waals surface area contributed by atoms with Gasteiger partial charge in [0.15, 0.2) is 5.82 Å². The topological polar surface area (TPSA) is 221 Å². The molecular weight excluding hydrogens is 490 g/mol. The summed E-state index contributed by atoms with van der Waals surface area (Å²) in [7, 11) is 0. The molecule has 3 rings (SSSR count). The van der Waals surface area contributed by atoms with Gasteiger partial charge in [0.25, 0.3) is 0 Å². The Labute approximate surface area is 210 Å². The van der Waals surface area contributed by atoms with E-state index in [0.29, 0.717) is 5.56 Å². The Morgan fingerprint density at radius 2 is 1.81 bits per heavy atom. The van der Waals surface area contributed by atoms with Crippen LogP contribution in [0, 0.1) is 11.8 Å². The first-order chi connectivity index (χ1) is 17.3. The first-order valence-corrected chi connectivity index (χ1v) is 11.3. The minimum Gasteiger partial charge on any atom is -0.481 e. The Bertz CT molecular complexity index is 1260. The molecule has 0 spiro atoms. The van der Waals surface area contributed by atoms with Crippen LogP contribution >= 0.6 is 0 Å². The molecule has 0 aromatic carbocycles. The molecule has 1 amide bonds. The van der Waals surface area contributed by atoms with Crippen molar-refractivity contribution >= 4 is 40.9 Å². The van der Waals surface area contributed by atoms with Crippen LogP contribution in [0.2, 0.25) is 0 Å². The van der Waals surface area contributed by atoms with E-state index in [1.54, 1.807) is 20.8 Å². The van der Waals surface area contributed by atoms with E-state index in [2.05, 4.69) is 25.0 Å². The molecule has 1 aliphatic rings. The van der Waals surface area contributed by atoms with Crippen molar-refractivity contribution in [3.63, 3.8) is 0 Å². The highest BCUT2D eigenvalue weighted by Gasteiger charge is 2.54. The largest absolute Gasteiger partial charge is 0.481 e. The Balaban J connectivity index is 2.27. The number of fused-ring (bicyclic) bond motifs is 1. The number of nitrogens with one attached hydrogen (secondary N) is 1. The predicted molar refractivity (Wildman–Crippen MR) is 125 cm³/mol. The van der Waals surface area contributed by atoms with Gasteiger partial charge in [0.1, 0.15) is 18.5 Å². The molecule has 3 N–H and O–H groups in total. The molecule has 0 radical (unpaired) electrons. The molecule has 0 saturated carbocycles. The molecule has 0 bridgehead atoms. The number of hydrogen-bond acceptors (Lipinski definition) is 9. The molecule has 1 aliphatic heterocycles. The molecule has 0 unspecified atom stereocenters. The number of nitrogens with zero attached hydrogens (tertiary/aromatic N) is 6. The maximum absolute atomic E-state index is 13.5. The third-order valence-electron chi connectivity index (χ3n) is 5.92. The molecule has 4 atom stereocenters. The van der Waals surface area contributed by atoms with Crippen LogP contribution in [0.3, 0.4) is 0 Å². The van der Waals surface area contributed by atoms with Crippen LogP contribution in [-0.2, 0) is 23.9 Å². The van der Waals surface area contributed by atoms with E-state index in [1.165, 1.54) is 18.0 Å². The van der Waals surface area contributed by atoms with Gasteiger partial charge in [0.2, 0.25) is 0 Å². The fourth-order valence-electron chi connectivity index (χ4n) is 4.73. The summed E-state index contributed by atoms with van der Waals surface area (Å²) >= 11 is 0. The summed E-state index contributed by atoms with van der Waals surface area (Å²) in [5, 5.41) is 22.9. The average molecular weight is 517 g/mol. The number of hydrogen-bond donors (Lipinski definition) is 3. The molecule has 198 valence electrons. The number of rotatable bonds is 8. The Kier molecular flexibility index (Phi) is 7.87. The second kappa shape index (κ2) is 10.7. The van der Waals surface area contributed by atoms with Crippen molar-refractivity contribution in [2.75, 3.05) is 6.61 Å². The number of amides is 1. The van der Waals surface area contributed by atoms with Crippen LogP contribution in [0.4, 0.5) is 10.6 Å². The number of azide groups is 1. The summed E-state index contributed by atoms with van der Waals surface area (Å²) in [6.45, 7) is 5.72. The van der Waals surface area contributed by atoms with Gasteiger partial charge in [-0.15, -0.1) is 0 Å². The smallest absolute Gasteiger partial charge is 0.411 e. The summed E-state index contributed by atoms with van der Waals surface area (Å²) in [5.41, 5.74) is 8.75. The number of esters is 1. The molecule has 2 aromatic heterocycles. The maximum Gasteiger partial charge on any atom is 0.411 e. The van der Waals surface area contributed by atoms with Gasteiger partial charge in [-0.05, 0) is 43.3 Å². The number of carbonyl (C=O) groups excluding carboxylic acids is 2. The van der Waals surface area contributed by atoms with Crippen molar-refractivity contribution < 1.29 is 38.9 Å². The van der Waals surface area contributed by atoms with Crippen LogP contribution in [0.1, 0.15) is 52.1 Å². The number of aliphatic carboxylic acids is 2. The van der Waals surface area contributed by atoms with E-state index in [9.17, 15) is 29.4 Å². The number of carboxylic acid groups (broad SMARTS) is 2. The standard InChI is InChI=1S/C22H27N7O8/c1-10(30)36-8-14-11(5-15(31)32)12(6-16(33)34)19(29(14)21(35)37-22(2,3)4)13-7-24-18-17(13)25-9-26-20(18)27-28-23/h7,9,11-12,14,19,24H,5-6,8H2,1-4H3,(H,31,32)(H,33,34)/t11-,12+,14+,19+/m1/s1. The first kappa shape index (κ1) is 27.2. The highest BCUT2D eigenvalue weighted by atomic mass is 16.6. The van der Waals surface area contributed by atoms with Gasteiger partial charge in [-0.1, -0.05) is 0 Å². The third-order valence-corrected chi connectivity index (χ3v) is 5.92. The molecule has 37 heavy (non-hydrogen) atoms. The van der Waals surface area contributed by atoms with Crippen molar-refractivity contribution in [2.24, 2.45) is 17.0 Å². The highest BCUT2D eigenvalue weighted by Crippen LogP contribution is 2.50. The lowest BCUT2D eigenvalue weighted by molar-refractivity contribution is -0.144. The number of aromatic amines is 1. The first-order valence-electron chi connectivity index (χ1n) is 11.3. The normalized spacial score (nSPS) is 21.4. The van der Waals surface area contributed by atoms with Crippen molar-refractivity contribution in [2.45, 2.75) is 58.2 Å². The van der Waals surface area contributed by atoms with Crippen molar-refractivity contribution in [1.82, 2.24) is 19.9 Å². The van der Waals surface area contributed by atoms with E-state index in [0.717, 1.165) is 6.33 Å². The van der Waals surface area contributed by atoms with Crippen LogP contribution in [0.25, 0.3) is 21.5 Å². The van der Waals surface area contributed by atoms with Gasteiger partial charge < -0.3 is 24.7 Å². The number of ether oxygens (including phenoxy) is 2. The Morgan fingerprint density at radius 1 is 1.16 bits per heavy atom. The predicted octanol–water partition coefficient (Wildman–Crippen LogP) is 3.31. The van der Waals surface area contributed by atoms with Crippen LogP contribution in [0.15, 0.2) is 17.6 Å². The zero-order chi connectivity index (χ0) is 27.5.